The lowest BCUT2D eigenvalue weighted by Gasteiger charge is -2.13. The molecule has 15 heavy (non-hydrogen) atoms. The summed E-state index contributed by atoms with van der Waals surface area (Å²) in [6, 6.07) is 5.53. The minimum Gasteiger partial charge on any atom is -0.342 e. The summed E-state index contributed by atoms with van der Waals surface area (Å²) in [7, 11) is 1.85. The first-order chi connectivity index (χ1) is 7.09. The van der Waals surface area contributed by atoms with Crippen LogP contribution in [0.25, 0.3) is 0 Å². The van der Waals surface area contributed by atoms with E-state index in [1.54, 1.807) is 11.0 Å². The van der Waals surface area contributed by atoms with E-state index in [4.69, 9.17) is 11.6 Å². The Bertz CT molecular complexity index is 403. The van der Waals surface area contributed by atoms with Gasteiger partial charge in [0, 0.05) is 24.2 Å². The van der Waals surface area contributed by atoms with Gasteiger partial charge in [-0.15, -0.1) is 0 Å². The Morgan fingerprint density at radius 1 is 1.47 bits per heavy atom. The van der Waals surface area contributed by atoms with E-state index in [1.165, 1.54) is 0 Å². The molecule has 1 aliphatic rings. The van der Waals surface area contributed by atoms with Crippen LogP contribution in [0, 0.1) is 0 Å². The summed E-state index contributed by atoms with van der Waals surface area (Å²) in [4.78, 5) is 13.8. The normalized spacial score (nSPS) is 21.1. The minimum atomic E-state index is 0.103. The molecular weight excluding hydrogens is 210 g/mol. The fourth-order valence-corrected chi connectivity index (χ4v) is 2.17. The molecule has 0 spiro atoms. The van der Waals surface area contributed by atoms with Crippen molar-refractivity contribution >= 4 is 17.5 Å². The van der Waals surface area contributed by atoms with Gasteiger partial charge >= 0.3 is 0 Å². The molecule has 80 valence electrons. The topological polar surface area (TPSA) is 20.3 Å². The van der Waals surface area contributed by atoms with Gasteiger partial charge in [0.05, 0.1) is 0 Å². The van der Waals surface area contributed by atoms with E-state index in [9.17, 15) is 4.79 Å². The second-order valence-electron chi connectivity index (χ2n) is 4.15. The van der Waals surface area contributed by atoms with Crippen LogP contribution in [0.3, 0.4) is 0 Å². The van der Waals surface area contributed by atoms with Gasteiger partial charge in [0.25, 0.3) is 5.91 Å². The average molecular weight is 224 g/mol. The molecule has 1 aromatic rings. The van der Waals surface area contributed by atoms with Gasteiger partial charge in [-0.1, -0.05) is 18.5 Å². The van der Waals surface area contributed by atoms with Crippen molar-refractivity contribution in [2.45, 2.75) is 19.3 Å². The summed E-state index contributed by atoms with van der Waals surface area (Å²) in [5, 5.41) is 0.706. The smallest absolute Gasteiger partial charge is 0.253 e. The lowest BCUT2D eigenvalue weighted by molar-refractivity contribution is 0.0799. The van der Waals surface area contributed by atoms with Gasteiger partial charge in [0.1, 0.15) is 0 Å². The standard InChI is InChI=1S/C12H14ClNO/c1-8-5-6-14(2)12(15)10-4-3-9(13)7-11(8)10/h3-4,7-8H,5-6H2,1-2H3. The van der Waals surface area contributed by atoms with E-state index in [-0.39, 0.29) is 5.91 Å². The highest BCUT2D eigenvalue weighted by molar-refractivity contribution is 6.30. The molecule has 1 aliphatic heterocycles. The third kappa shape index (κ3) is 1.86. The van der Waals surface area contributed by atoms with E-state index >= 15 is 0 Å². The number of amides is 1. The number of hydrogen-bond acceptors (Lipinski definition) is 1. The zero-order chi connectivity index (χ0) is 11.0. The first-order valence-electron chi connectivity index (χ1n) is 5.14. The molecule has 0 aliphatic carbocycles. The van der Waals surface area contributed by atoms with Crippen molar-refractivity contribution in [3.8, 4) is 0 Å². The van der Waals surface area contributed by atoms with E-state index in [1.807, 2.05) is 19.2 Å². The molecule has 1 aromatic carbocycles. The van der Waals surface area contributed by atoms with E-state index < -0.39 is 0 Å². The van der Waals surface area contributed by atoms with Crippen molar-refractivity contribution in [1.29, 1.82) is 0 Å². The van der Waals surface area contributed by atoms with Crippen LogP contribution in [-0.4, -0.2) is 24.4 Å². The summed E-state index contributed by atoms with van der Waals surface area (Å²) < 4.78 is 0. The molecule has 0 fully saturated rings. The van der Waals surface area contributed by atoms with Crippen molar-refractivity contribution in [3.63, 3.8) is 0 Å². The SMILES string of the molecule is CC1CCN(C)C(=O)c2ccc(Cl)cc21. The van der Waals surface area contributed by atoms with Crippen LogP contribution in [0.2, 0.25) is 5.02 Å². The third-order valence-corrected chi connectivity index (χ3v) is 3.25. The second kappa shape index (κ2) is 3.86. The summed E-state index contributed by atoms with van der Waals surface area (Å²) >= 11 is 5.95. The highest BCUT2D eigenvalue weighted by atomic mass is 35.5. The van der Waals surface area contributed by atoms with Crippen LogP contribution in [0.15, 0.2) is 18.2 Å². The Balaban J connectivity index is 2.55. The Labute approximate surface area is 94.8 Å². The van der Waals surface area contributed by atoms with E-state index in [0.717, 1.165) is 24.1 Å². The fraction of sp³-hybridized carbons (Fsp3) is 0.417. The molecule has 0 radical (unpaired) electrons. The molecule has 3 heteroatoms. The summed E-state index contributed by atoms with van der Waals surface area (Å²) in [5.74, 6) is 0.499. The number of benzene rings is 1. The molecule has 0 bridgehead atoms. The number of halogens is 1. The second-order valence-corrected chi connectivity index (χ2v) is 4.58. The highest BCUT2D eigenvalue weighted by Crippen LogP contribution is 2.29. The van der Waals surface area contributed by atoms with Gasteiger partial charge in [-0.25, -0.2) is 0 Å². The van der Waals surface area contributed by atoms with Crippen LogP contribution in [-0.2, 0) is 0 Å². The first kappa shape index (κ1) is 10.5. The number of carbonyl (C=O) groups excluding carboxylic acids is 1. The zero-order valence-electron chi connectivity index (χ0n) is 8.96. The maximum Gasteiger partial charge on any atom is 0.253 e. The van der Waals surface area contributed by atoms with Crippen molar-refractivity contribution in [2.24, 2.45) is 0 Å². The van der Waals surface area contributed by atoms with Crippen LogP contribution in [0.1, 0.15) is 35.2 Å². The van der Waals surface area contributed by atoms with Gasteiger partial charge in [0.2, 0.25) is 0 Å². The molecule has 2 nitrogen and oxygen atoms in total. The Morgan fingerprint density at radius 2 is 2.20 bits per heavy atom. The molecule has 1 unspecified atom stereocenters. The van der Waals surface area contributed by atoms with Crippen LogP contribution >= 0.6 is 11.6 Å². The summed E-state index contributed by atoms with van der Waals surface area (Å²) in [6.07, 6.45) is 0.996. The van der Waals surface area contributed by atoms with E-state index in [0.29, 0.717) is 10.9 Å². The lowest BCUT2D eigenvalue weighted by Crippen LogP contribution is -2.26. The molecule has 1 atom stereocenters. The summed E-state index contributed by atoms with van der Waals surface area (Å²) in [5.41, 5.74) is 1.88. The number of rotatable bonds is 0. The molecule has 0 aromatic heterocycles. The third-order valence-electron chi connectivity index (χ3n) is 3.02. The van der Waals surface area contributed by atoms with Crippen molar-refractivity contribution < 1.29 is 4.79 Å². The molecule has 1 amide bonds. The van der Waals surface area contributed by atoms with Crippen LogP contribution in [0.5, 0.6) is 0 Å². The molecule has 1 heterocycles. The van der Waals surface area contributed by atoms with E-state index in [2.05, 4.69) is 6.92 Å². The predicted octanol–water partition coefficient (Wildman–Crippen LogP) is 2.92. The fourth-order valence-electron chi connectivity index (χ4n) is 1.99. The quantitative estimate of drug-likeness (QED) is 0.662. The minimum absolute atomic E-state index is 0.103. The van der Waals surface area contributed by atoms with Crippen LogP contribution < -0.4 is 0 Å². The van der Waals surface area contributed by atoms with Crippen LogP contribution in [0.4, 0.5) is 0 Å². The Kier molecular flexibility index (Phi) is 2.70. The molecule has 2 rings (SSSR count). The van der Waals surface area contributed by atoms with Gasteiger partial charge < -0.3 is 4.90 Å². The van der Waals surface area contributed by atoms with Gasteiger partial charge in [-0.3, -0.25) is 4.79 Å². The number of carbonyl (C=O) groups is 1. The van der Waals surface area contributed by atoms with Gasteiger partial charge in [0.15, 0.2) is 0 Å². The molecule has 0 saturated heterocycles. The number of hydrogen-bond donors (Lipinski definition) is 0. The zero-order valence-corrected chi connectivity index (χ0v) is 9.71. The van der Waals surface area contributed by atoms with Gasteiger partial charge in [-0.2, -0.15) is 0 Å². The predicted molar refractivity (Wildman–Crippen MR) is 61.4 cm³/mol. The van der Waals surface area contributed by atoms with Crippen molar-refractivity contribution in [1.82, 2.24) is 4.90 Å². The largest absolute Gasteiger partial charge is 0.342 e. The van der Waals surface area contributed by atoms with Gasteiger partial charge in [-0.05, 0) is 36.1 Å². The Hall–Kier alpha value is -1.02. The maximum atomic E-state index is 12.0. The number of nitrogens with zero attached hydrogens (tertiary/aromatic N) is 1. The highest BCUT2D eigenvalue weighted by Gasteiger charge is 2.23. The molecular formula is C12H14ClNO. The summed E-state index contributed by atoms with van der Waals surface area (Å²) in [6.45, 7) is 2.95. The molecule has 0 saturated carbocycles. The van der Waals surface area contributed by atoms with Crippen molar-refractivity contribution in [3.05, 3.63) is 34.3 Å². The lowest BCUT2D eigenvalue weighted by atomic mass is 9.94. The first-order valence-corrected chi connectivity index (χ1v) is 5.52. The number of fused-ring (bicyclic) bond motifs is 1. The van der Waals surface area contributed by atoms with Crippen molar-refractivity contribution in [2.75, 3.05) is 13.6 Å². The average Bonchev–Trinajstić information content (AvgIpc) is 2.32. The Morgan fingerprint density at radius 3 is 2.93 bits per heavy atom. The molecule has 0 N–H and O–H groups in total. The monoisotopic (exact) mass is 223 g/mol. The maximum absolute atomic E-state index is 12.0.